The molecular weight excluding hydrogens is 359 g/mol. The third kappa shape index (κ3) is 3.16. The number of nitriles is 1. The number of benzene rings is 2. The molecule has 2 aromatic carbocycles. The molecule has 0 bridgehead atoms. The highest BCUT2D eigenvalue weighted by molar-refractivity contribution is 8.93. The lowest BCUT2D eigenvalue weighted by Crippen LogP contribution is -2.31. The van der Waals surface area contributed by atoms with Gasteiger partial charge in [0.05, 0.1) is 18.2 Å². The van der Waals surface area contributed by atoms with E-state index >= 15 is 0 Å². The first kappa shape index (κ1) is 17.6. The molecule has 5 heteroatoms. The highest BCUT2D eigenvalue weighted by Crippen LogP contribution is 2.44. The van der Waals surface area contributed by atoms with Crippen molar-refractivity contribution in [1.29, 1.82) is 5.26 Å². The molecule has 1 heterocycles. The van der Waals surface area contributed by atoms with E-state index in [2.05, 4.69) is 11.4 Å². The third-order valence-corrected chi connectivity index (χ3v) is 4.18. The summed E-state index contributed by atoms with van der Waals surface area (Å²) in [7, 11) is 1.90. The second-order valence-corrected chi connectivity index (χ2v) is 5.46. The first-order valence-electron chi connectivity index (χ1n) is 7.28. The molecule has 0 spiro atoms. The molecule has 0 aromatic heterocycles. The Labute approximate surface area is 145 Å². The van der Waals surface area contributed by atoms with Gasteiger partial charge in [-0.3, -0.25) is 0 Å². The number of hydrogen-bond acceptors (Lipinski definition) is 3. The van der Waals surface area contributed by atoms with Crippen LogP contribution in [0, 0.1) is 17.1 Å². The van der Waals surface area contributed by atoms with E-state index < -0.39 is 5.60 Å². The predicted octanol–water partition coefficient (Wildman–Crippen LogP) is 3.66. The standard InChI is InChI=1S/C18H17FN2O.BrH/c1-21-9-8-18(15-3-5-16(19)6-4-15)17-7-2-13(11-20)10-14(17)12-22-18;/h2-7,10,21H,8-9,12H2,1H3;1H. The Hall–Kier alpha value is -1.74. The molecule has 0 aliphatic carbocycles. The number of halogens is 2. The van der Waals surface area contributed by atoms with Crippen LogP contribution in [0.5, 0.6) is 0 Å². The van der Waals surface area contributed by atoms with Crippen molar-refractivity contribution < 1.29 is 9.13 Å². The van der Waals surface area contributed by atoms with E-state index in [9.17, 15) is 4.39 Å². The van der Waals surface area contributed by atoms with Crippen molar-refractivity contribution in [3.63, 3.8) is 0 Å². The summed E-state index contributed by atoms with van der Waals surface area (Å²) >= 11 is 0. The second kappa shape index (κ2) is 7.22. The SMILES string of the molecule is Br.CNCCC1(c2ccc(F)cc2)OCc2cc(C#N)ccc21. The highest BCUT2D eigenvalue weighted by atomic mass is 79.9. The Morgan fingerprint density at radius 1 is 1.26 bits per heavy atom. The number of nitrogens with zero attached hydrogens (tertiary/aromatic N) is 1. The lowest BCUT2D eigenvalue weighted by Gasteiger charge is -2.30. The zero-order chi connectivity index (χ0) is 15.6. The van der Waals surface area contributed by atoms with Gasteiger partial charge >= 0.3 is 0 Å². The van der Waals surface area contributed by atoms with Crippen molar-refractivity contribution in [2.45, 2.75) is 18.6 Å². The molecule has 0 fully saturated rings. The lowest BCUT2D eigenvalue weighted by molar-refractivity contribution is -0.0110. The Morgan fingerprint density at radius 3 is 2.65 bits per heavy atom. The van der Waals surface area contributed by atoms with Crippen molar-refractivity contribution in [3.8, 4) is 6.07 Å². The summed E-state index contributed by atoms with van der Waals surface area (Å²) in [6, 6.07) is 14.3. The van der Waals surface area contributed by atoms with Gasteiger partial charge in [-0.05, 0) is 61.0 Å². The van der Waals surface area contributed by atoms with E-state index in [4.69, 9.17) is 10.00 Å². The predicted molar refractivity (Wildman–Crippen MR) is 92.0 cm³/mol. The van der Waals surface area contributed by atoms with Crippen molar-refractivity contribution in [1.82, 2.24) is 5.32 Å². The number of fused-ring (bicyclic) bond motifs is 1. The molecule has 1 atom stereocenters. The fourth-order valence-corrected chi connectivity index (χ4v) is 3.07. The maximum Gasteiger partial charge on any atom is 0.123 e. The minimum Gasteiger partial charge on any atom is -0.361 e. The zero-order valence-corrected chi connectivity index (χ0v) is 14.5. The van der Waals surface area contributed by atoms with Gasteiger partial charge in [0, 0.05) is 0 Å². The van der Waals surface area contributed by atoms with Crippen LogP contribution in [-0.2, 0) is 16.9 Å². The molecule has 1 unspecified atom stereocenters. The van der Waals surface area contributed by atoms with Crippen LogP contribution in [0.25, 0.3) is 0 Å². The summed E-state index contributed by atoms with van der Waals surface area (Å²) in [6.07, 6.45) is 0.744. The molecule has 0 radical (unpaired) electrons. The van der Waals surface area contributed by atoms with Crippen LogP contribution in [0.15, 0.2) is 42.5 Å². The van der Waals surface area contributed by atoms with E-state index in [-0.39, 0.29) is 22.8 Å². The average Bonchev–Trinajstić information content (AvgIpc) is 2.92. The van der Waals surface area contributed by atoms with Crippen LogP contribution in [0.3, 0.4) is 0 Å². The van der Waals surface area contributed by atoms with Gasteiger partial charge in [-0.15, -0.1) is 17.0 Å². The molecule has 3 nitrogen and oxygen atoms in total. The van der Waals surface area contributed by atoms with Crippen LogP contribution in [0.1, 0.15) is 28.7 Å². The van der Waals surface area contributed by atoms with Gasteiger partial charge < -0.3 is 10.1 Å². The largest absolute Gasteiger partial charge is 0.361 e. The maximum atomic E-state index is 13.3. The summed E-state index contributed by atoms with van der Waals surface area (Å²) in [6.45, 7) is 1.24. The van der Waals surface area contributed by atoms with Crippen LogP contribution in [0.2, 0.25) is 0 Å². The average molecular weight is 377 g/mol. The normalized spacial score (nSPS) is 18.8. The number of ether oxygens (including phenoxy) is 1. The minimum atomic E-state index is -0.583. The van der Waals surface area contributed by atoms with Gasteiger partial charge in [-0.25, -0.2) is 4.39 Å². The molecule has 0 amide bonds. The fourth-order valence-electron chi connectivity index (χ4n) is 3.07. The van der Waals surface area contributed by atoms with Gasteiger partial charge in [0.15, 0.2) is 0 Å². The van der Waals surface area contributed by atoms with Crippen LogP contribution < -0.4 is 5.32 Å². The summed E-state index contributed by atoms with van der Waals surface area (Å²) in [5, 5.41) is 12.2. The second-order valence-electron chi connectivity index (χ2n) is 5.46. The molecule has 1 N–H and O–H groups in total. The fraction of sp³-hybridized carbons (Fsp3) is 0.278. The zero-order valence-electron chi connectivity index (χ0n) is 12.8. The van der Waals surface area contributed by atoms with Gasteiger partial charge in [-0.1, -0.05) is 18.2 Å². The van der Waals surface area contributed by atoms with E-state index in [1.165, 1.54) is 12.1 Å². The lowest BCUT2D eigenvalue weighted by atomic mass is 9.82. The Kier molecular flexibility index (Phi) is 5.53. The molecule has 120 valence electrons. The highest BCUT2D eigenvalue weighted by Gasteiger charge is 2.41. The van der Waals surface area contributed by atoms with Crippen molar-refractivity contribution in [2.75, 3.05) is 13.6 Å². The molecule has 1 aliphatic heterocycles. The summed E-state index contributed by atoms with van der Waals surface area (Å²) < 4.78 is 19.4. The molecule has 23 heavy (non-hydrogen) atoms. The van der Waals surface area contributed by atoms with E-state index in [0.717, 1.165) is 29.7 Å². The first-order valence-corrected chi connectivity index (χ1v) is 7.28. The summed E-state index contributed by atoms with van der Waals surface area (Å²) in [4.78, 5) is 0. The molecular formula is C18H18BrFN2O. The Bertz CT molecular complexity index is 727. The number of rotatable bonds is 4. The van der Waals surface area contributed by atoms with Crippen LogP contribution >= 0.6 is 17.0 Å². The van der Waals surface area contributed by atoms with Gasteiger partial charge in [-0.2, -0.15) is 5.26 Å². The maximum absolute atomic E-state index is 13.3. The van der Waals surface area contributed by atoms with Crippen LogP contribution in [0.4, 0.5) is 4.39 Å². The van der Waals surface area contributed by atoms with Crippen molar-refractivity contribution in [3.05, 3.63) is 70.5 Å². The van der Waals surface area contributed by atoms with E-state index in [1.54, 1.807) is 12.1 Å². The third-order valence-electron chi connectivity index (χ3n) is 4.18. The van der Waals surface area contributed by atoms with Crippen LogP contribution in [-0.4, -0.2) is 13.6 Å². The molecule has 0 saturated heterocycles. The van der Waals surface area contributed by atoms with Crippen molar-refractivity contribution >= 4 is 17.0 Å². The smallest absolute Gasteiger partial charge is 0.123 e. The van der Waals surface area contributed by atoms with E-state index in [0.29, 0.717) is 12.2 Å². The number of hydrogen-bond donors (Lipinski definition) is 1. The summed E-state index contributed by atoms with van der Waals surface area (Å²) in [5.41, 5.74) is 3.08. The quantitative estimate of drug-likeness (QED) is 0.885. The Morgan fingerprint density at radius 2 is 2.00 bits per heavy atom. The van der Waals surface area contributed by atoms with Gasteiger partial charge in [0.1, 0.15) is 11.4 Å². The summed E-state index contributed by atoms with van der Waals surface area (Å²) in [5.74, 6) is -0.259. The monoisotopic (exact) mass is 376 g/mol. The van der Waals surface area contributed by atoms with Gasteiger partial charge in [0.2, 0.25) is 0 Å². The van der Waals surface area contributed by atoms with E-state index in [1.807, 2.05) is 25.2 Å². The number of nitrogens with one attached hydrogen (secondary N) is 1. The van der Waals surface area contributed by atoms with Crippen molar-refractivity contribution in [2.24, 2.45) is 0 Å². The molecule has 2 aromatic rings. The minimum absolute atomic E-state index is 0. The molecule has 1 aliphatic rings. The Balaban J connectivity index is 0.00000192. The van der Waals surface area contributed by atoms with Gasteiger partial charge in [0.25, 0.3) is 0 Å². The topological polar surface area (TPSA) is 45.0 Å². The first-order chi connectivity index (χ1) is 10.7. The molecule has 0 saturated carbocycles. The molecule has 3 rings (SSSR count).